The van der Waals surface area contributed by atoms with Crippen molar-refractivity contribution in [2.45, 2.75) is 45.7 Å². The summed E-state index contributed by atoms with van der Waals surface area (Å²) in [6, 6.07) is 9.17. The first-order valence-corrected chi connectivity index (χ1v) is 6.23. The van der Waals surface area contributed by atoms with Crippen molar-refractivity contribution in [3.8, 4) is 0 Å². The van der Waals surface area contributed by atoms with Crippen molar-refractivity contribution in [2.75, 3.05) is 0 Å². The molecule has 0 aromatic heterocycles. The normalized spacial score (nSPS) is 20.7. The Hall–Kier alpha value is -1.64. The van der Waals surface area contributed by atoms with Gasteiger partial charge in [0.1, 0.15) is 5.84 Å². The van der Waals surface area contributed by atoms with Crippen LogP contribution in [-0.4, -0.2) is 27.7 Å². The minimum absolute atomic E-state index is 0.0670. The summed E-state index contributed by atoms with van der Waals surface area (Å²) in [5, 5.41) is 0. The highest BCUT2D eigenvalue weighted by molar-refractivity contribution is 6.03. The van der Waals surface area contributed by atoms with E-state index < -0.39 is 0 Å². The van der Waals surface area contributed by atoms with Gasteiger partial charge in [-0.2, -0.15) is 4.99 Å². The molecule has 0 unspecified atom stereocenters. The molecule has 1 amide bonds. The average Bonchev–Trinajstić information content (AvgIpc) is 2.70. The van der Waals surface area contributed by atoms with E-state index in [0.717, 1.165) is 5.84 Å². The smallest absolute Gasteiger partial charge is 0.278 e. The number of hydrogen-bond donors (Lipinski definition) is 0. The zero-order valence-electron chi connectivity index (χ0n) is 11.7. The van der Waals surface area contributed by atoms with Gasteiger partial charge < -0.3 is 4.90 Å². The van der Waals surface area contributed by atoms with Crippen LogP contribution in [0.4, 0.5) is 0 Å². The summed E-state index contributed by atoms with van der Waals surface area (Å²) >= 11 is 0. The van der Waals surface area contributed by atoms with Gasteiger partial charge in [0.2, 0.25) is 0 Å². The van der Waals surface area contributed by atoms with Crippen LogP contribution in [0.25, 0.3) is 0 Å². The lowest BCUT2D eigenvalue weighted by Gasteiger charge is -2.08. The Morgan fingerprint density at radius 2 is 1.56 bits per heavy atom. The molecule has 0 spiro atoms. The van der Waals surface area contributed by atoms with E-state index in [-0.39, 0.29) is 17.0 Å². The van der Waals surface area contributed by atoms with Crippen molar-refractivity contribution in [3.05, 3.63) is 35.9 Å². The number of rotatable bonds is 1. The number of aliphatic imine (C=N–C) groups is 1. The average molecular weight is 244 g/mol. The van der Waals surface area contributed by atoms with Gasteiger partial charge in [0.05, 0.1) is 11.1 Å². The number of carbonyl (C=O) groups is 1. The molecule has 18 heavy (non-hydrogen) atoms. The third-order valence-corrected chi connectivity index (χ3v) is 4.17. The Morgan fingerprint density at radius 3 is 2.00 bits per heavy atom. The van der Waals surface area contributed by atoms with Crippen molar-refractivity contribution < 1.29 is 4.79 Å². The fourth-order valence-electron chi connectivity index (χ4n) is 2.57. The standard InChI is InChI=1S/C15H20N2O/c1-11(17-14(2,3)15(17,4)5)16-13(18)12-9-7-6-8-10-12/h6-10H,1-5H3. The molecule has 0 saturated carbocycles. The second-order valence-corrected chi connectivity index (χ2v) is 5.78. The van der Waals surface area contributed by atoms with Crippen LogP contribution in [-0.2, 0) is 0 Å². The first-order valence-electron chi connectivity index (χ1n) is 6.23. The molecule has 1 aromatic carbocycles. The third-order valence-electron chi connectivity index (χ3n) is 4.17. The van der Waals surface area contributed by atoms with Crippen molar-refractivity contribution in [1.29, 1.82) is 0 Å². The number of benzene rings is 1. The predicted octanol–water partition coefficient (Wildman–Crippen LogP) is 3.12. The van der Waals surface area contributed by atoms with Crippen LogP contribution < -0.4 is 0 Å². The van der Waals surface area contributed by atoms with Gasteiger partial charge in [-0.1, -0.05) is 18.2 Å². The summed E-state index contributed by atoms with van der Waals surface area (Å²) < 4.78 is 0. The fourth-order valence-corrected chi connectivity index (χ4v) is 2.57. The molecule has 1 saturated heterocycles. The van der Waals surface area contributed by atoms with Gasteiger partial charge in [0.15, 0.2) is 0 Å². The summed E-state index contributed by atoms with van der Waals surface area (Å²) in [7, 11) is 0. The largest absolute Gasteiger partial charge is 0.345 e. The quantitative estimate of drug-likeness (QED) is 0.432. The number of carbonyl (C=O) groups excluding carboxylic acids is 1. The molecule has 1 aromatic rings. The summed E-state index contributed by atoms with van der Waals surface area (Å²) in [4.78, 5) is 18.4. The van der Waals surface area contributed by atoms with Crippen LogP contribution in [0.2, 0.25) is 0 Å². The summed E-state index contributed by atoms with van der Waals surface area (Å²) in [6.07, 6.45) is 0. The molecule has 2 rings (SSSR count). The number of hydrogen-bond acceptors (Lipinski definition) is 1. The van der Waals surface area contributed by atoms with E-state index in [1.165, 1.54) is 0 Å². The maximum absolute atomic E-state index is 12.0. The highest BCUT2D eigenvalue weighted by Crippen LogP contribution is 2.50. The predicted molar refractivity (Wildman–Crippen MR) is 73.9 cm³/mol. The van der Waals surface area contributed by atoms with Gasteiger partial charge in [0.25, 0.3) is 5.91 Å². The van der Waals surface area contributed by atoms with Crippen molar-refractivity contribution in [2.24, 2.45) is 4.99 Å². The van der Waals surface area contributed by atoms with E-state index in [1.54, 1.807) is 12.1 Å². The Kier molecular flexibility index (Phi) is 2.80. The topological polar surface area (TPSA) is 32.4 Å². The molecule has 0 N–H and O–H groups in total. The molecule has 1 aliphatic rings. The molecule has 3 nitrogen and oxygen atoms in total. The zero-order chi connectivity index (χ0) is 13.6. The molecular formula is C15H20N2O. The summed E-state index contributed by atoms with van der Waals surface area (Å²) in [5.41, 5.74) is 0.768. The van der Waals surface area contributed by atoms with E-state index >= 15 is 0 Å². The molecule has 0 atom stereocenters. The van der Waals surface area contributed by atoms with Crippen molar-refractivity contribution in [3.63, 3.8) is 0 Å². The molecule has 1 aliphatic heterocycles. The SMILES string of the molecule is CC(=NC(=O)c1ccccc1)N1C(C)(C)C1(C)C. The molecule has 0 bridgehead atoms. The number of amidine groups is 1. The monoisotopic (exact) mass is 244 g/mol. The Bertz CT molecular complexity index is 486. The van der Waals surface area contributed by atoms with E-state index in [1.807, 2.05) is 25.1 Å². The lowest BCUT2D eigenvalue weighted by molar-refractivity contribution is 0.100. The van der Waals surface area contributed by atoms with Crippen LogP contribution in [0, 0.1) is 0 Å². The fraction of sp³-hybridized carbons (Fsp3) is 0.467. The second kappa shape index (κ2) is 3.94. The first kappa shape index (κ1) is 12.8. The van der Waals surface area contributed by atoms with Crippen LogP contribution in [0.3, 0.4) is 0 Å². The molecule has 0 radical (unpaired) electrons. The Morgan fingerprint density at radius 1 is 1.06 bits per heavy atom. The second-order valence-electron chi connectivity index (χ2n) is 5.78. The maximum Gasteiger partial charge on any atom is 0.278 e. The minimum atomic E-state index is -0.174. The lowest BCUT2D eigenvalue weighted by Crippen LogP contribution is -2.17. The van der Waals surface area contributed by atoms with E-state index in [9.17, 15) is 4.79 Å². The van der Waals surface area contributed by atoms with Gasteiger partial charge in [-0.15, -0.1) is 0 Å². The molecule has 1 fully saturated rings. The van der Waals surface area contributed by atoms with Crippen molar-refractivity contribution in [1.82, 2.24) is 4.90 Å². The van der Waals surface area contributed by atoms with Crippen LogP contribution in [0.15, 0.2) is 35.3 Å². The summed E-state index contributed by atoms with van der Waals surface area (Å²) in [5.74, 6) is 0.616. The highest BCUT2D eigenvalue weighted by Gasteiger charge is 2.63. The third kappa shape index (κ3) is 1.84. The Balaban J connectivity index is 2.19. The number of amides is 1. The van der Waals surface area contributed by atoms with E-state index in [2.05, 4.69) is 37.6 Å². The number of nitrogens with zero attached hydrogens (tertiary/aromatic N) is 2. The van der Waals surface area contributed by atoms with E-state index in [0.29, 0.717) is 5.56 Å². The zero-order valence-corrected chi connectivity index (χ0v) is 11.7. The van der Waals surface area contributed by atoms with Gasteiger partial charge >= 0.3 is 0 Å². The van der Waals surface area contributed by atoms with Gasteiger partial charge in [0, 0.05) is 5.56 Å². The first-order chi connectivity index (χ1) is 8.28. The van der Waals surface area contributed by atoms with Gasteiger partial charge in [-0.3, -0.25) is 4.79 Å². The molecule has 3 heteroatoms. The molecular weight excluding hydrogens is 224 g/mol. The highest BCUT2D eigenvalue weighted by atomic mass is 16.1. The maximum atomic E-state index is 12.0. The lowest BCUT2D eigenvalue weighted by atomic mass is 10.0. The van der Waals surface area contributed by atoms with Crippen LogP contribution >= 0.6 is 0 Å². The molecule has 1 heterocycles. The van der Waals surface area contributed by atoms with Gasteiger partial charge in [-0.05, 0) is 46.8 Å². The van der Waals surface area contributed by atoms with Gasteiger partial charge in [-0.25, -0.2) is 0 Å². The summed E-state index contributed by atoms with van der Waals surface area (Å²) in [6.45, 7) is 10.6. The van der Waals surface area contributed by atoms with E-state index in [4.69, 9.17) is 0 Å². The Labute approximate surface area is 109 Å². The molecule has 0 aliphatic carbocycles. The van der Waals surface area contributed by atoms with Crippen LogP contribution in [0.5, 0.6) is 0 Å². The van der Waals surface area contributed by atoms with Crippen molar-refractivity contribution >= 4 is 11.7 Å². The molecule has 96 valence electrons. The minimum Gasteiger partial charge on any atom is -0.345 e. The van der Waals surface area contributed by atoms with Crippen LogP contribution in [0.1, 0.15) is 45.0 Å².